The van der Waals surface area contributed by atoms with Gasteiger partial charge in [-0.25, -0.2) is 0 Å². The van der Waals surface area contributed by atoms with Crippen LogP contribution in [0.25, 0.3) is 0 Å². The molecule has 2 heteroatoms. The summed E-state index contributed by atoms with van der Waals surface area (Å²) < 4.78 is 6.01. The molecule has 0 bridgehead atoms. The van der Waals surface area contributed by atoms with Crippen molar-refractivity contribution < 1.29 is 9.84 Å². The molecular weight excluding hydrogens is 164 g/mol. The van der Waals surface area contributed by atoms with E-state index in [2.05, 4.69) is 6.92 Å². The molecule has 1 spiro atoms. The van der Waals surface area contributed by atoms with Crippen molar-refractivity contribution in [1.82, 2.24) is 0 Å². The fourth-order valence-corrected chi connectivity index (χ4v) is 3.16. The normalized spacial score (nSPS) is 44.8. The molecule has 1 saturated heterocycles. The van der Waals surface area contributed by atoms with E-state index >= 15 is 0 Å². The largest absolute Gasteiger partial charge is 0.394 e. The van der Waals surface area contributed by atoms with E-state index in [9.17, 15) is 0 Å². The van der Waals surface area contributed by atoms with Gasteiger partial charge in [0.15, 0.2) is 0 Å². The highest BCUT2D eigenvalue weighted by Gasteiger charge is 2.47. The van der Waals surface area contributed by atoms with Crippen molar-refractivity contribution >= 4 is 0 Å². The van der Waals surface area contributed by atoms with Crippen molar-refractivity contribution in [3.05, 3.63) is 0 Å². The minimum atomic E-state index is 0.132. The Morgan fingerprint density at radius 1 is 1.38 bits per heavy atom. The fraction of sp³-hybridized carbons (Fsp3) is 1.00. The second-order valence-corrected chi connectivity index (χ2v) is 4.52. The molecule has 1 heterocycles. The summed E-state index contributed by atoms with van der Waals surface area (Å²) in [5.74, 6) is 0.754. The molecule has 2 nitrogen and oxygen atoms in total. The van der Waals surface area contributed by atoms with Gasteiger partial charge in [-0.15, -0.1) is 0 Å². The maximum Gasteiger partial charge on any atom is 0.0814 e. The van der Waals surface area contributed by atoms with Crippen LogP contribution < -0.4 is 0 Å². The van der Waals surface area contributed by atoms with Crippen LogP contribution >= 0.6 is 0 Å². The van der Waals surface area contributed by atoms with Gasteiger partial charge in [-0.3, -0.25) is 0 Å². The molecule has 76 valence electrons. The highest BCUT2D eigenvalue weighted by molar-refractivity contribution is 4.98. The van der Waals surface area contributed by atoms with Gasteiger partial charge in [0.1, 0.15) is 0 Å². The zero-order valence-electron chi connectivity index (χ0n) is 8.46. The second kappa shape index (κ2) is 3.58. The van der Waals surface area contributed by atoms with Crippen LogP contribution in [-0.2, 0) is 4.74 Å². The molecule has 1 aliphatic heterocycles. The second-order valence-electron chi connectivity index (χ2n) is 4.52. The molecular formula is C11H20O2. The highest BCUT2D eigenvalue weighted by Crippen LogP contribution is 2.48. The van der Waals surface area contributed by atoms with Gasteiger partial charge in [-0.05, 0) is 31.6 Å². The van der Waals surface area contributed by atoms with E-state index < -0.39 is 0 Å². The van der Waals surface area contributed by atoms with Crippen molar-refractivity contribution in [1.29, 1.82) is 0 Å². The van der Waals surface area contributed by atoms with Crippen molar-refractivity contribution in [2.75, 3.05) is 6.61 Å². The fourth-order valence-electron chi connectivity index (χ4n) is 3.16. The lowest BCUT2D eigenvalue weighted by atomic mass is 9.86. The van der Waals surface area contributed by atoms with E-state index in [-0.39, 0.29) is 18.3 Å². The lowest BCUT2D eigenvalue weighted by Crippen LogP contribution is -2.33. The zero-order valence-corrected chi connectivity index (χ0v) is 8.46. The van der Waals surface area contributed by atoms with Gasteiger partial charge in [-0.1, -0.05) is 19.8 Å². The van der Waals surface area contributed by atoms with Crippen LogP contribution in [0.5, 0.6) is 0 Å². The van der Waals surface area contributed by atoms with Gasteiger partial charge < -0.3 is 9.84 Å². The van der Waals surface area contributed by atoms with Crippen LogP contribution in [0.2, 0.25) is 0 Å². The average Bonchev–Trinajstić information content (AvgIpc) is 2.74. The summed E-state index contributed by atoms with van der Waals surface area (Å²) in [6, 6.07) is 0. The van der Waals surface area contributed by atoms with Gasteiger partial charge in [0.05, 0.1) is 18.3 Å². The first-order valence-corrected chi connectivity index (χ1v) is 5.59. The summed E-state index contributed by atoms with van der Waals surface area (Å²) in [5.41, 5.74) is 0.169. The summed E-state index contributed by atoms with van der Waals surface area (Å²) in [6.07, 6.45) is 7.47. The van der Waals surface area contributed by atoms with Crippen LogP contribution in [0.4, 0.5) is 0 Å². The molecule has 1 aliphatic carbocycles. The molecule has 3 atom stereocenters. The molecule has 0 aromatic carbocycles. The Morgan fingerprint density at radius 2 is 2.23 bits per heavy atom. The maximum absolute atomic E-state index is 9.04. The summed E-state index contributed by atoms with van der Waals surface area (Å²) in [7, 11) is 0. The van der Waals surface area contributed by atoms with Crippen LogP contribution in [0, 0.1) is 5.92 Å². The number of aliphatic hydroxyl groups excluding tert-OH is 1. The first-order valence-electron chi connectivity index (χ1n) is 5.59. The lowest BCUT2D eigenvalue weighted by molar-refractivity contribution is -0.0808. The van der Waals surface area contributed by atoms with E-state index in [1.165, 1.54) is 32.1 Å². The first-order chi connectivity index (χ1) is 6.30. The van der Waals surface area contributed by atoms with Gasteiger partial charge in [0.2, 0.25) is 0 Å². The van der Waals surface area contributed by atoms with Crippen molar-refractivity contribution in [3.8, 4) is 0 Å². The van der Waals surface area contributed by atoms with Crippen molar-refractivity contribution in [2.24, 2.45) is 5.92 Å². The van der Waals surface area contributed by atoms with E-state index in [1.807, 2.05) is 0 Å². The summed E-state index contributed by atoms with van der Waals surface area (Å²) in [4.78, 5) is 0. The highest BCUT2D eigenvalue weighted by atomic mass is 16.5. The van der Waals surface area contributed by atoms with Crippen LogP contribution in [0.3, 0.4) is 0 Å². The summed E-state index contributed by atoms with van der Waals surface area (Å²) in [6.45, 7) is 2.46. The number of hydrogen-bond donors (Lipinski definition) is 1. The molecule has 2 aliphatic rings. The molecule has 0 radical (unpaired) electrons. The number of ether oxygens (including phenoxy) is 1. The minimum Gasteiger partial charge on any atom is -0.394 e. The van der Waals surface area contributed by atoms with E-state index in [4.69, 9.17) is 9.84 Å². The monoisotopic (exact) mass is 184 g/mol. The molecule has 2 rings (SSSR count). The Balaban J connectivity index is 2.04. The van der Waals surface area contributed by atoms with Crippen LogP contribution in [0.15, 0.2) is 0 Å². The number of aliphatic hydroxyl groups is 1. The number of hydrogen-bond acceptors (Lipinski definition) is 2. The molecule has 13 heavy (non-hydrogen) atoms. The molecule has 1 saturated carbocycles. The summed E-state index contributed by atoms with van der Waals surface area (Å²) >= 11 is 0. The third-order valence-electron chi connectivity index (χ3n) is 3.88. The average molecular weight is 184 g/mol. The van der Waals surface area contributed by atoms with Gasteiger partial charge in [0.25, 0.3) is 0 Å². The maximum atomic E-state index is 9.04. The van der Waals surface area contributed by atoms with E-state index in [0.717, 1.165) is 12.3 Å². The SMILES string of the molecule is CC[C@@H]1CCC[C@@]12CC[C@H](CO)O2. The van der Waals surface area contributed by atoms with Gasteiger partial charge in [0, 0.05) is 0 Å². The molecule has 0 amide bonds. The Hall–Kier alpha value is -0.0800. The molecule has 0 aromatic rings. The predicted octanol–water partition coefficient (Wildman–Crippen LogP) is 2.11. The Labute approximate surface area is 80.3 Å². The Kier molecular flexibility index (Phi) is 2.61. The topological polar surface area (TPSA) is 29.5 Å². The third-order valence-corrected chi connectivity index (χ3v) is 3.88. The van der Waals surface area contributed by atoms with Crippen LogP contribution in [-0.4, -0.2) is 23.4 Å². The zero-order chi connectivity index (χ0) is 9.31. The molecule has 2 fully saturated rings. The van der Waals surface area contributed by atoms with Crippen LogP contribution in [0.1, 0.15) is 45.4 Å². The predicted molar refractivity (Wildman–Crippen MR) is 51.6 cm³/mol. The Bertz CT molecular complexity index is 181. The first kappa shape index (κ1) is 9.47. The summed E-state index contributed by atoms with van der Waals surface area (Å²) in [5, 5.41) is 9.04. The quantitative estimate of drug-likeness (QED) is 0.712. The van der Waals surface area contributed by atoms with E-state index in [1.54, 1.807) is 0 Å². The van der Waals surface area contributed by atoms with Crippen molar-refractivity contribution in [2.45, 2.75) is 57.2 Å². The molecule has 1 N–H and O–H groups in total. The van der Waals surface area contributed by atoms with Crippen molar-refractivity contribution in [3.63, 3.8) is 0 Å². The lowest BCUT2D eigenvalue weighted by Gasteiger charge is -2.30. The molecule has 0 unspecified atom stereocenters. The standard InChI is InChI=1S/C11H20O2/c1-2-9-4-3-6-11(9)7-5-10(8-12)13-11/h9-10,12H,2-8H2,1H3/t9-,10-,11-/m1/s1. The third kappa shape index (κ3) is 1.50. The van der Waals surface area contributed by atoms with E-state index in [0.29, 0.717) is 0 Å². The number of rotatable bonds is 2. The smallest absolute Gasteiger partial charge is 0.0814 e. The minimum absolute atomic E-state index is 0.132. The Morgan fingerprint density at radius 3 is 2.85 bits per heavy atom. The van der Waals surface area contributed by atoms with Gasteiger partial charge in [-0.2, -0.15) is 0 Å². The molecule has 0 aromatic heterocycles. The van der Waals surface area contributed by atoms with Gasteiger partial charge >= 0.3 is 0 Å².